The molecule has 0 unspecified atom stereocenters. The fourth-order valence-electron chi connectivity index (χ4n) is 4.43. The van der Waals surface area contributed by atoms with Crippen molar-refractivity contribution in [3.63, 3.8) is 0 Å². The highest BCUT2D eigenvalue weighted by Gasteiger charge is 2.33. The Bertz CT molecular complexity index is 607. The standard InChI is InChI=1S/C22H35N3O.2ClH/c1-22(2,3)17-7-9-19(10-8-17)25-13-11-18(12-14-25)24-21(26)20-6-4-5-16(20)15-23;;/h7-10,16,18,20H,4-6,11-15,23H2,1-3H3,(H,24,26);2*1H/t16-,20-;;/m1../s1. The van der Waals surface area contributed by atoms with Gasteiger partial charge in [-0.3, -0.25) is 4.79 Å². The van der Waals surface area contributed by atoms with E-state index in [1.165, 1.54) is 11.3 Å². The minimum Gasteiger partial charge on any atom is -0.371 e. The molecule has 160 valence electrons. The first-order chi connectivity index (χ1) is 12.4. The zero-order valence-electron chi connectivity index (χ0n) is 17.4. The molecule has 1 heterocycles. The summed E-state index contributed by atoms with van der Waals surface area (Å²) in [5.74, 6) is 0.769. The van der Waals surface area contributed by atoms with Crippen molar-refractivity contribution in [2.45, 2.75) is 64.3 Å². The van der Waals surface area contributed by atoms with Gasteiger partial charge in [0.25, 0.3) is 0 Å². The number of benzene rings is 1. The van der Waals surface area contributed by atoms with Crippen molar-refractivity contribution in [3.8, 4) is 0 Å². The predicted octanol–water partition coefficient (Wildman–Crippen LogP) is 4.29. The van der Waals surface area contributed by atoms with Crippen molar-refractivity contribution in [2.75, 3.05) is 24.5 Å². The Morgan fingerprint density at radius 1 is 1.07 bits per heavy atom. The van der Waals surface area contributed by atoms with Crippen LogP contribution in [0.15, 0.2) is 24.3 Å². The molecule has 0 aromatic heterocycles. The summed E-state index contributed by atoms with van der Waals surface area (Å²) in [5.41, 5.74) is 8.68. The third kappa shape index (κ3) is 6.01. The van der Waals surface area contributed by atoms with E-state index in [0.29, 0.717) is 18.5 Å². The molecule has 1 saturated carbocycles. The number of hydrogen-bond donors (Lipinski definition) is 2. The summed E-state index contributed by atoms with van der Waals surface area (Å²) < 4.78 is 0. The summed E-state index contributed by atoms with van der Waals surface area (Å²) in [6.07, 6.45) is 5.30. The molecule has 6 heteroatoms. The molecule has 1 amide bonds. The maximum atomic E-state index is 12.6. The van der Waals surface area contributed by atoms with Gasteiger partial charge in [-0.05, 0) is 61.3 Å². The van der Waals surface area contributed by atoms with Crippen LogP contribution in [0.2, 0.25) is 0 Å². The maximum absolute atomic E-state index is 12.6. The van der Waals surface area contributed by atoms with Gasteiger partial charge in [0.15, 0.2) is 0 Å². The molecular formula is C22H37Cl2N3O. The molecule has 1 aromatic carbocycles. The lowest BCUT2D eigenvalue weighted by Gasteiger charge is -2.35. The van der Waals surface area contributed by atoms with Gasteiger partial charge in [0.2, 0.25) is 5.91 Å². The third-order valence-corrected chi connectivity index (χ3v) is 6.24. The van der Waals surface area contributed by atoms with Gasteiger partial charge in [-0.25, -0.2) is 0 Å². The van der Waals surface area contributed by atoms with E-state index in [1.54, 1.807) is 0 Å². The molecule has 2 atom stereocenters. The van der Waals surface area contributed by atoms with E-state index < -0.39 is 0 Å². The monoisotopic (exact) mass is 429 g/mol. The first-order valence-corrected chi connectivity index (χ1v) is 10.2. The first-order valence-electron chi connectivity index (χ1n) is 10.2. The summed E-state index contributed by atoms with van der Waals surface area (Å²) in [6, 6.07) is 9.28. The molecule has 3 rings (SSSR count). The van der Waals surface area contributed by atoms with Crippen molar-refractivity contribution in [1.82, 2.24) is 5.32 Å². The Labute approximate surface area is 182 Å². The molecule has 1 aromatic rings. The average molecular weight is 430 g/mol. The van der Waals surface area contributed by atoms with Gasteiger partial charge < -0.3 is 16.0 Å². The van der Waals surface area contributed by atoms with Crippen LogP contribution in [-0.4, -0.2) is 31.6 Å². The number of hydrogen-bond acceptors (Lipinski definition) is 3. The van der Waals surface area contributed by atoms with Gasteiger partial charge in [0.05, 0.1) is 0 Å². The van der Waals surface area contributed by atoms with Crippen molar-refractivity contribution in [3.05, 3.63) is 29.8 Å². The fourth-order valence-corrected chi connectivity index (χ4v) is 4.43. The van der Waals surface area contributed by atoms with Crippen LogP contribution in [0.3, 0.4) is 0 Å². The fraction of sp³-hybridized carbons (Fsp3) is 0.682. The van der Waals surface area contributed by atoms with Gasteiger partial charge in [-0.1, -0.05) is 39.3 Å². The van der Waals surface area contributed by atoms with E-state index in [-0.39, 0.29) is 42.1 Å². The van der Waals surface area contributed by atoms with Crippen LogP contribution in [-0.2, 0) is 10.2 Å². The Kier molecular flexibility index (Phi) is 9.58. The first kappa shape index (κ1) is 25.1. The number of nitrogens with zero attached hydrogens (tertiary/aromatic N) is 1. The lowest BCUT2D eigenvalue weighted by atomic mass is 9.87. The molecule has 0 spiro atoms. The summed E-state index contributed by atoms with van der Waals surface area (Å²) in [6.45, 7) is 9.39. The number of halogens is 2. The van der Waals surface area contributed by atoms with Gasteiger partial charge in [-0.15, -0.1) is 24.8 Å². The van der Waals surface area contributed by atoms with Gasteiger partial charge >= 0.3 is 0 Å². The molecule has 0 bridgehead atoms. The van der Waals surface area contributed by atoms with Gasteiger partial charge in [-0.2, -0.15) is 0 Å². The van der Waals surface area contributed by atoms with Crippen molar-refractivity contribution in [2.24, 2.45) is 17.6 Å². The van der Waals surface area contributed by atoms with Crippen molar-refractivity contribution in [1.29, 1.82) is 0 Å². The number of rotatable bonds is 4. The molecule has 1 aliphatic carbocycles. The van der Waals surface area contributed by atoms with Crippen LogP contribution in [0, 0.1) is 11.8 Å². The second kappa shape index (κ2) is 10.7. The van der Waals surface area contributed by atoms with E-state index in [1.807, 2.05) is 0 Å². The van der Waals surface area contributed by atoms with Crippen LogP contribution in [0.1, 0.15) is 58.4 Å². The Balaban J connectivity index is 0.00000196. The topological polar surface area (TPSA) is 58.4 Å². The molecular weight excluding hydrogens is 393 g/mol. The quantitative estimate of drug-likeness (QED) is 0.750. The van der Waals surface area contributed by atoms with Gasteiger partial charge in [0, 0.05) is 30.7 Å². The maximum Gasteiger partial charge on any atom is 0.223 e. The summed E-state index contributed by atoms with van der Waals surface area (Å²) >= 11 is 0. The van der Waals surface area contributed by atoms with Crippen LogP contribution in [0.25, 0.3) is 0 Å². The Hall–Kier alpha value is -0.970. The van der Waals surface area contributed by atoms with Crippen molar-refractivity contribution < 1.29 is 4.79 Å². The lowest BCUT2D eigenvalue weighted by molar-refractivity contribution is -0.126. The van der Waals surface area contributed by atoms with Crippen molar-refractivity contribution >= 4 is 36.4 Å². The largest absolute Gasteiger partial charge is 0.371 e. The number of anilines is 1. The van der Waals surface area contributed by atoms with E-state index >= 15 is 0 Å². The molecule has 2 fully saturated rings. The number of nitrogens with two attached hydrogens (primary N) is 1. The highest BCUT2D eigenvalue weighted by molar-refractivity contribution is 5.85. The van der Waals surface area contributed by atoms with Crippen LogP contribution in [0.4, 0.5) is 5.69 Å². The van der Waals surface area contributed by atoms with E-state index in [4.69, 9.17) is 5.73 Å². The molecule has 4 nitrogen and oxygen atoms in total. The normalized spacial score (nSPS) is 22.9. The molecule has 28 heavy (non-hydrogen) atoms. The third-order valence-electron chi connectivity index (χ3n) is 6.24. The number of carbonyl (C=O) groups excluding carboxylic acids is 1. The highest BCUT2D eigenvalue weighted by atomic mass is 35.5. The van der Waals surface area contributed by atoms with Crippen LogP contribution in [0.5, 0.6) is 0 Å². The number of carbonyl (C=O) groups is 1. The minimum atomic E-state index is 0. The van der Waals surface area contributed by atoms with E-state index in [2.05, 4.69) is 55.3 Å². The van der Waals surface area contributed by atoms with E-state index in [9.17, 15) is 4.79 Å². The minimum absolute atomic E-state index is 0. The molecule has 2 aliphatic rings. The van der Waals surface area contributed by atoms with Gasteiger partial charge in [0.1, 0.15) is 0 Å². The summed E-state index contributed by atoms with van der Waals surface area (Å²) in [4.78, 5) is 15.0. The van der Waals surface area contributed by atoms with E-state index in [0.717, 1.165) is 45.2 Å². The summed E-state index contributed by atoms with van der Waals surface area (Å²) in [7, 11) is 0. The molecule has 3 N–H and O–H groups in total. The molecule has 0 radical (unpaired) electrons. The Morgan fingerprint density at radius 3 is 2.21 bits per heavy atom. The average Bonchev–Trinajstić information content (AvgIpc) is 3.11. The molecule has 1 saturated heterocycles. The zero-order valence-corrected chi connectivity index (χ0v) is 19.1. The summed E-state index contributed by atoms with van der Waals surface area (Å²) in [5, 5.41) is 3.30. The smallest absolute Gasteiger partial charge is 0.223 e. The number of piperidine rings is 1. The van der Waals surface area contributed by atoms with Crippen LogP contribution < -0.4 is 16.0 Å². The Morgan fingerprint density at radius 2 is 1.68 bits per heavy atom. The second-order valence-corrected chi connectivity index (χ2v) is 9.10. The zero-order chi connectivity index (χ0) is 18.7. The lowest BCUT2D eigenvalue weighted by Crippen LogP contribution is -2.47. The number of nitrogens with one attached hydrogen (secondary N) is 1. The van der Waals surface area contributed by atoms with Crippen LogP contribution >= 0.6 is 24.8 Å². The predicted molar refractivity (Wildman–Crippen MR) is 123 cm³/mol. The number of amides is 1. The SMILES string of the molecule is CC(C)(C)c1ccc(N2CCC(NC(=O)[C@@H]3CCC[C@@H]3CN)CC2)cc1.Cl.Cl. The second-order valence-electron chi connectivity index (χ2n) is 9.10. The molecule has 1 aliphatic heterocycles. The highest BCUT2D eigenvalue weighted by Crippen LogP contribution is 2.31.